The van der Waals surface area contributed by atoms with E-state index in [4.69, 9.17) is 16.3 Å². The van der Waals surface area contributed by atoms with Gasteiger partial charge >= 0.3 is 5.97 Å². The van der Waals surface area contributed by atoms with Gasteiger partial charge < -0.3 is 9.84 Å². The van der Waals surface area contributed by atoms with E-state index in [0.29, 0.717) is 31.3 Å². The predicted octanol–water partition coefficient (Wildman–Crippen LogP) is 5.48. The zero-order chi connectivity index (χ0) is 25.8. The molecule has 0 bridgehead atoms. The molecule has 0 saturated heterocycles. The Hall–Kier alpha value is -1.53. The second-order valence-corrected chi connectivity index (χ2v) is 11.9. The summed E-state index contributed by atoms with van der Waals surface area (Å²) in [7, 11) is 0. The second-order valence-electron chi connectivity index (χ2n) is 11.7. The van der Waals surface area contributed by atoms with E-state index < -0.39 is 34.1 Å². The highest BCUT2D eigenvalue weighted by molar-refractivity contribution is 6.29. The summed E-state index contributed by atoms with van der Waals surface area (Å²) in [5, 5.41) is 11.6. The fourth-order valence-corrected chi connectivity index (χ4v) is 8.64. The maximum Gasteiger partial charge on any atom is 0.306 e. The standard InChI is InChI=1S/C28H38ClFO5/c1-5-6-7-8-23(34)35-28(22(33)15-29)16(2)13-19-17-9-10-18-25(30)20(31)11-12-26(18,3)24(17)21(32)14-27(19,28)4/h11-12,16-17,19,21,24,32H,5-10,13-15H2,1-4H3/t16-,17-,19-,21-,24+,26-,27-,28+/m0/s1. The highest BCUT2D eigenvalue weighted by atomic mass is 35.5. The molecule has 3 saturated carbocycles. The number of allylic oxidation sites excluding steroid dienone is 4. The molecule has 7 heteroatoms. The van der Waals surface area contributed by atoms with Crippen molar-refractivity contribution in [2.45, 2.75) is 90.8 Å². The molecule has 194 valence electrons. The van der Waals surface area contributed by atoms with Crippen LogP contribution in [0.5, 0.6) is 0 Å². The molecule has 0 aromatic rings. The number of ketones is 2. The number of hydrogen-bond donors (Lipinski definition) is 1. The van der Waals surface area contributed by atoms with E-state index in [1.807, 2.05) is 20.8 Å². The number of hydrogen-bond acceptors (Lipinski definition) is 5. The van der Waals surface area contributed by atoms with Gasteiger partial charge in [-0.15, -0.1) is 11.6 Å². The molecule has 4 aliphatic carbocycles. The van der Waals surface area contributed by atoms with Crippen LogP contribution >= 0.6 is 11.6 Å². The average molecular weight is 509 g/mol. The molecule has 3 fully saturated rings. The number of carbonyl (C=O) groups excluding carboxylic acids is 3. The van der Waals surface area contributed by atoms with Gasteiger partial charge in [-0.25, -0.2) is 4.39 Å². The SMILES string of the molecule is CCCCCC(=O)O[C@@]1(C(=O)CCl)[C@@H](C)C[C@H]2[C@@H]3CCC4=C(F)C(=O)C=C[C@]4(C)[C@H]3[C@@H](O)C[C@@]21C. The first kappa shape index (κ1) is 26.5. The van der Waals surface area contributed by atoms with E-state index in [1.165, 1.54) is 6.08 Å². The van der Waals surface area contributed by atoms with Crippen LogP contribution in [0.1, 0.15) is 79.1 Å². The van der Waals surface area contributed by atoms with Gasteiger partial charge in [0.25, 0.3) is 0 Å². The van der Waals surface area contributed by atoms with Crippen LogP contribution < -0.4 is 0 Å². The number of fused-ring (bicyclic) bond motifs is 5. The zero-order valence-corrected chi connectivity index (χ0v) is 22.0. The molecule has 5 nitrogen and oxygen atoms in total. The molecule has 1 N–H and O–H groups in total. The zero-order valence-electron chi connectivity index (χ0n) is 21.2. The molecule has 0 amide bonds. The lowest BCUT2D eigenvalue weighted by Crippen LogP contribution is -2.64. The normalized spacial score (nSPS) is 42.4. The number of carbonyl (C=O) groups is 3. The lowest BCUT2D eigenvalue weighted by atomic mass is 9.46. The number of aliphatic hydroxyl groups is 1. The molecule has 35 heavy (non-hydrogen) atoms. The van der Waals surface area contributed by atoms with Gasteiger partial charge in [-0.3, -0.25) is 14.4 Å². The average Bonchev–Trinajstić information content (AvgIpc) is 3.03. The Kier molecular flexibility index (Phi) is 7.13. The molecule has 0 spiro atoms. The number of halogens is 2. The van der Waals surface area contributed by atoms with Crippen molar-refractivity contribution in [1.82, 2.24) is 0 Å². The van der Waals surface area contributed by atoms with Gasteiger partial charge in [0.2, 0.25) is 5.78 Å². The van der Waals surface area contributed by atoms with Gasteiger partial charge in [-0.1, -0.05) is 46.6 Å². The number of Topliss-reactive ketones (excluding diaryl/α,β-unsaturated/α-hetero) is 1. The van der Waals surface area contributed by atoms with E-state index in [1.54, 1.807) is 6.08 Å². The smallest absolute Gasteiger partial charge is 0.306 e. The lowest BCUT2D eigenvalue weighted by molar-refractivity contribution is -0.203. The van der Waals surface area contributed by atoms with E-state index in [-0.39, 0.29) is 54.1 Å². The molecular formula is C28H38ClFO5. The minimum absolute atomic E-state index is 0.00519. The van der Waals surface area contributed by atoms with Crippen molar-refractivity contribution in [1.29, 1.82) is 0 Å². The molecule has 4 aliphatic rings. The topological polar surface area (TPSA) is 80.7 Å². The van der Waals surface area contributed by atoms with Crippen molar-refractivity contribution in [2.75, 3.05) is 5.88 Å². The van der Waals surface area contributed by atoms with Crippen molar-refractivity contribution in [3.8, 4) is 0 Å². The van der Waals surface area contributed by atoms with Crippen LogP contribution in [-0.2, 0) is 19.1 Å². The number of alkyl halides is 1. The van der Waals surface area contributed by atoms with Gasteiger partial charge in [-0.05, 0) is 55.6 Å². The van der Waals surface area contributed by atoms with E-state index in [0.717, 1.165) is 12.8 Å². The summed E-state index contributed by atoms with van der Waals surface area (Å²) >= 11 is 6.11. The number of aliphatic hydroxyl groups excluding tert-OH is 1. The minimum Gasteiger partial charge on any atom is -0.450 e. The quantitative estimate of drug-likeness (QED) is 0.280. The Morgan fingerprint density at radius 3 is 2.66 bits per heavy atom. The second kappa shape index (κ2) is 9.41. The minimum atomic E-state index is -1.39. The van der Waals surface area contributed by atoms with Crippen molar-refractivity contribution < 1.29 is 28.6 Å². The summed E-state index contributed by atoms with van der Waals surface area (Å²) in [4.78, 5) is 38.5. The van der Waals surface area contributed by atoms with Gasteiger partial charge in [0.1, 0.15) is 0 Å². The van der Waals surface area contributed by atoms with Crippen LogP contribution in [0.3, 0.4) is 0 Å². The van der Waals surface area contributed by atoms with Crippen molar-refractivity contribution in [2.24, 2.45) is 34.5 Å². The highest BCUT2D eigenvalue weighted by Crippen LogP contribution is 2.69. The van der Waals surface area contributed by atoms with Crippen LogP contribution in [-0.4, -0.2) is 40.2 Å². The molecule has 0 heterocycles. The third kappa shape index (κ3) is 3.77. The Bertz CT molecular complexity index is 974. The summed E-state index contributed by atoms with van der Waals surface area (Å²) in [6, 6.07) is 0. The maximum atomic E-state index is 14.9. The first-order valence-corrected chi connectivity index (χ1v) is 13.6. The Balaban J connectivity index is 1.73. The number of ether oxygens (including phenoxy) is 1. The molecular weight excluding hydrogens is 471 g/mol. The molecule has 0 radical (unpaired) electrons. The summed E-state index contributed by atoms with van der Waals surface area (Å²) in [5.74, 6) is -2.81. The molecule has 8 atom stereocenters. The van der Waals surface area contributed by atoms with Gasteiger partial charge in [0, 0.05) is 29.1 Å². The van der Waals surface area contributed by atoms with E-state index in [2.05, 4.69) is 6.92 Å². The van der Waals surface area contributed by atoms with Gasteiger partial charge in [0.05, 0.1) is 12.0 Å². The first-order valence-electron chi connectivity index (χ1n) is 13.1. The van der Waals surface area contributed by atoms with Crippen LogP contribution in [0.25, 0.3) is 0 Å². The van der Waals surface area contributed by atoms with Gasteiger partial charge in [-0.2, -0.15) is 0 Å². The van der Waals surface area contributed by atoms with Crippen LogP contribution in [0, 0.1) is 34.5 Å². The summed E-state index contributed by atoms with van der Waals surface area (Å²) in [6.07, 6.45) is 6.99. The molecule has 0 aromatic heterocycles. The third-order valence-electron chi connectivity index (χ3n) is 9.92. The summed E-state index contributed by atoms with van der Waals surface area (Å²) in [5.41, 5.74) is -2.46. The Morgan fingerprint density at radius 1 is 1.29 bits per heavy atom. The van der Waals surface area contributed by atoms with Crippen molar-refractivity contribution in [3.63, 3.8) is 0 Å². The fourth-order valence-electron chi connectivity index (χ4n) is 8.44. The van der Waals surface area contributed by atoms with Crippen LogP contribution in [0.15, 0.2) is 23.6 Å². The molecule has 0 aromatic carbocycles. The number of esters is 1. The third-order valence-corrected chi connectivity index (χ3v) is 10.2. The molecule has 0 aliphatic heterocycles. The van der Waals surface area contributed by atoms with Crippen molar-refractivity contribution >= 4 is 29.1 Å². The van der Waals surface area contributed by atoms with Crippen LogP contribution in [0.2, 0.25) is 0 Å². The first-order chi connectivity index (χ1) is 16.5. The Labute approximate surface area is 212 Å². The highest BCUT2D eigenvalue weighted by Gasteiger charge is 2.72. The lowest BCUT2D eigenvalue weighted by Gasteiger charge is -2.60. The summed E-state index contributed by atoms with van der Waals surface area (Å²) in [6.45, 7) is 7.89. The van der Waals surface area contributed by atoms with E-state index >= 15 is 0 Å². The van der Waals surface area contributed by atoms with E-state index in [9.17, 15) is 23.9 Å². The number of rotatable bonds is 7. The molecule has 0 unspecified atom stereocenters. The monoisotopic (exact) mass is 508 g/mol. The summed E-state index contributed by atoms with van der Waals surface area (Å²) < 4.78 is 21.0. The predicted molar refractivity (Wildman–Crippen MR) is 131 cm³/mol. The largest absolute Gasteiger partial charge is 0.450 e. The number of unbranched alkanes of at least 4 members (excludes halogenated alkanes) is 2. The van der Waals surface area contributed by atoms with Crippen molar-refractivity contribution in [3.05, 3.63) is 23.6 Å². The molecule has 4 rings (SSSR count). The van der Waals surface area contributed by atoms with Gasteiger partial charge in [0.15, 0.2) is 17.2 Å². The van der Waals surface area contributed by atoms with Crippen LogP contribution in [0.4, 0.5) is 4.39 Å². The fraction of sp³-hybridized carbons (Fsp3) is 0.750. The Morgan fingerprint density at radius 2 is 2.00 bits per heavy atom. The maximum absolute atomic E-state index is 14.9.